The second kappa shape index (κ2) is 8.67. The molecule has 0 aliphatic rings. The molecule has 106 valence electrons. The van der Waals surface area contributed by atoms with Crippen LogP contribution < -0.4 is 5.32 Å². The lowest BCUT2D eigenvalue weighted by Crippen LogP contribution is -2.33. The van der Waals surface area contributed by atoms with E-state index in [0.717, 1.165) is 5.56 Å². The zero-order valence-corrected chi connectivity index (χ0v) is 11.9. The number of likely N-dealkylation sites (N-methyl/N-ethyl adjacent to an activating group) is 1. The Kier molecular flexibility index (Phi) is 7.15. The molecular weight excluding hydrogens is 242 g/mol. The highest BCUT2D eigenvalue weighted by molar-refractivity contribution is 5.70. The van der Waals surface area contributed by atoms with Gasteiger partial charge in [-0.25, -0.2) is 0 Å². The first-order valence-electron chi connectivity index (χ1n) is 6.60. The van der Waals surface area contributed by atoms with E-state index in [2.05, 4.69) is 5.32 Å². The summed E-state index contributed by atoms with van der Waals surface area (Å²) in [5.41, 5.74) is 1.13. The summed E-state index contributed by atoms with van der Waals surface area (Å²) in [4.78, 5) is 11.5. The summed E-state index contributed by atoms with van der Waals surface area (Å²) in [6.45, 7) is 4.73. The van der Waals surface area contributed by atoms with E-state index < -0.39 is 0 Å². The first-order chi connectivity index (χ1) is 9.11. The second-order valence-electron chi connectivity index (χ2n) is 4.73. The van der Waals surface area contributed by atoms with Gasteiger partial charge in [-0.05, 0) is 26.5 Å². The molecule has 0 bridgehead atoms. The van der Waals surface area contributed by atoms with Gasteiger partial charge in [0.25, 0.3) is 0 Å². The van der Waals surface area contributed by atoms with Gasteiger partial charge in [-0.2, -0.15) is 0 Å². The Morgan fingerprint density at radius 2 is 1.95 bits per heavy atom. The third-order valence-electron chi connectivity index (χ3n) is 2.62. The van der Waals surface area contributed by atoms with Gasteiger partial charge in [0.15, 0.2) is 0 Å². The topological polar surface area (TPSA) is 47.6 Å². The molecule has 0 saturated heterocycles. The Morgan fingerprint density at radius 1 is 1.26 bits per heavy atom. The Labute approximate surface area is 115 Å². The van der Waals surface area contributed by atoms with Gasteiger partial charge in [0, 0.05) is 6.04 Å². The average Bonchev–Trinajstić information content (AvgIpc) is 2.38. The lowest BCUT2D eigenvalue weighted by Gasteiger charge is -2.16. The molecule has 0 aromatic heterocycles. The van der Waals surface area contributed by atoms with Crippen LogP contribution in [0.2, 0.25) is 0 Å². The van der Waals surface area contributed by atoms with Crippen LogP contribution in [0, 0.1) is 0 Å². The minimum atomic E-state index is -0.197. The maximum atomic E-state index is 11.5. The molecule has 0 aliphatic carbocycles. The fourth-order valence-corrected chi connectivity index (χ4v) is 1.65. The minimum Gasteiger partial charge on any atom is -0.463 e. The van der Waals surface area contributed by atoms with Crippen LogP contribution in [0.1, 0.15) is 25.8 Å². The third kappa shape index (κ3) is 6.94. The molecule has 1 unspecified atom stereocenters. The molecule has 1 rings (SSSR count). The molecule has 0 spiro atoms. The SMILES string of the molecule is CNC(COCc1ccccc1)CC(=O)OC(C)C. The van der Waals surface area contributed by atoms with Crippen LogP contribution in [0.5, 0.6) is 0 Å². The van der Waals surface area contributed by atoms with E-state index in [0.29, 0.717) is 19.6 Å². The fraction of sp³-hybridized carbons (Fsp3) is 0.533. The molecule has 1 atom stereocenters. The van der Waals surface area contributed by atoms with E-state index in [1.807, 2.05) is 51.2 Å². The van der Waals surface area contributed by atoms with Gasteiger partial charge in [-0.3, -0.25) is 4.79 Å². The van der Waals surface area contributed by atoms with Crippen LogP contribution in [0.4, 0.5) is 0 Å². The maximum Gasteiger partial charge on any atom is 0.307 e. The van der Waals surface area contributed by atoms with E-state index in [1.54, 1.807) is 0 Å². The molecule has 0 fully saturated rings. The molecule has 0 amide bonds. The monoisotopic (exact) mass is 265 g/mol. The zero-order valence-electron chi connectivity index (χ0n) is 11.9. The van der Waals surface area contributed by atoms with E-state index in [9.17, 15) is 4.79 Å². The average molecular weight is 265 g/mol. The van der Waals surface area contributed by atoms with Crippen LogP contribution in [0.15, 0.2) is 30.3 Å². The lowest BCUT2D eigenvalue weighted by molar-refractivity contribution is -0.148. The standard InChI is InChI=1S/C15H23NO3/c1-12(2)19-15(17)9-14(16-3)11-18-10-13-7-5-4-6-8-13/h4-8,12,14,16H,9-11H2,1-3H3. The van der Waals surface area contributed by atoms with E-state index >= 15 is 0 Å². The van der Waals surface area contributed by atoms with Gasteiger partial charge < -0.3 is 14.8 Å². The van der Waals surface area contributed by atoms with Crippen LogP contribution >= 0.6 is 0 Å². The number of carbonyl (C=O) groups excluding carboxylic acids is 1. The van der Waals surface area contributed by atoms with Crippen molar-refractivity contribution in [3.05, 3.63) is 35.9 Å². The van der Waals surface area contributed by atoms with Crippen molar-refractivity contribution in [1.29, 1.82) is 0 Å². The Morgan fingerprint density at radius 3 is 2.53 bits per heavy atom. The number of hydrogen-bond acceptors (Lipinski definition) is 4. The summed E-state index contributed by atoms with van der Waals surface area (Å²) in [7, 11) is 1.82. The van der Waals surface area contributed by atoms with Gasteiger partial charge >= 0.3 is 5.97 Å². The minimum absolute atomic E-state index is 0.0186. The van der Waals surface area contributed by atoms with Gasteiger partial charge in [0.05, 0.1) is 25.7 Å². The van der Waals surface area contributed by atoms with Gasteiger partial charge in [-0.15, -0.1) is 0 Å². The maximum absolute atomic E-state index is 11.5. The van der Waals surface area contributed by atoms with Crippen LogP contribution in [-0.4, -0.2) is 31.8 Å². The number of rotatable bonds is 8. The van der Waals surface area contributed by atoms with Gasteiger partial charge in [-0.1, -0.05) is 30.3 Å². The van der Waals surface area contributed by atoms with Crippen molar-refractivity contribution in [2.75, 3.05) is 13.7 Å². The van der Waals surface area contributed by atoms with Crippen molar-refractivity contribution in [2.24, 2.45) is 0 Å². The van der Waals surface area contributed by atoms with Crippen molar-refractivity contribution < 1.29 is 14.3 Å². The van der Waals surface area contributed by atoms with Crippen LogP contribution in [-0.2, 0) is 20.9 Å². The molecular formula is C15H23NO3. The van der Waals surface area contributed by atoms with Crippen molar-refractivity contribution in [1.82, 2.24) is 5.32 Å². The van der Waals surface area contributed by atoms with Crippen molar-refractivity contribution in [3.63, 3.8) is 0 Å². The number of benzene rings is 1. The Balaban J connectivity index is 2.27. The first-order valence-corrected chi connectivity index (χ1v) is 6.60. The summed E-state index contributed by atoms with van der Waals surface area (Å²) in [6, 6.07) is 9.95. The van der Waals surface area contributed by atoms with Crippen molar-refractivity contribution >= 4 is 5.97 Å². The van der Waals surface area contributed by atoms with Gasteiger partial charge in [0.2, 0.25) is 0 Å². The molecule has 19 heavy (non-hydrogen) atoms. The van der Waals surface area contributed by atoms with Crippen LogP contribution in [0.3, 0.4) is 0 Å². The fourth-order valence-electron chi connectivity index (χ4n) is 1.65. The molecule has 4 heteroatoms. The molecule has 0 aliphatic heterocycles. The molecule has 0 heterocycles. The molecule has 1 aromatic carbocycles. The molecule has 0 radical (unpaired) electrons. The largest absolute Gasteiger partial charge is 0.463 e. The number of ether oxygens (including phenoxy) is 2. The van der Waals surface area contributed by atoms with E-state index in [4.69, 9.17) is 9.47 Å². The number of nitrogens with one attached hydrogen (secondary N) is 1. The first kappa shape index (κ1) is 15.7. The second-order valence-corrected chi connectivity index (χ2v) is 4.73. The zero-order chi connectivity index (χ0) is 14.1. The molecule has 1 N–H and O–H groups in total. The summed E-state index contributed by atoms with van der Waals surface area (Å²) < 4.78 is 10.7. The number of carbonyl (C=O) groups is 1. The van der Waals surface area contributed by atoms with E-state index in [-0.39, 0.29) is 18.1 Å². The summed E-state index contributed by atoms with van der Waals surface area (Å²) >= 11 is 0. The highest BCUT2D eigenvalue weighted by atomic mass is 16.5. The van der Waals surface area contributed by atoms with Gasteiger partial charge in [0.1, 0.15) is 0 Å². The molecule has 1 aromatic rings. The smallest absolute Gasteiger partial charge is 0.307 e. The molecule has 0 saturated carbocycles. The third-order valence-corrected chi connectivity index (χ3v) is 2.62. The number of hydrogen-bond donors (Lipinski definition) is 1. The lowest BCUT2D eigenvalue weighted by atomic mass is 10.2. The van der Waals surface area contributed by atoms with Crippen molar-refractivity contribution in [2.45, 2.75) is 39.0 Å². The Hall–Kier alpha value is -1.39. The Bertz CT molecular complexity index is 365. The molecule has 4 nitrogen and oxygen atoms in total. The van der Waals surface area contributed by atoms with Crippen LogP contribution in [0.25, 0.3) is 0 Å². The summed E-state index contributed by atoms with van der Waals surface area (Å²) in [6.07, 6.45) is 0.249. The summed E-state index contributed by atoms with van der Waals surface area (Å²) in [5.74, 6) is -0.197. The summed E-state index contributed by atoms with van der Waals surface area (Å²) in [5, 5.41) is 3.07. The normalized spacial score (nSPS) is 12.4. The predicted molar refractivity (Wildman–Crippen MR) is 74.8 cm³/mol. The highest BCUT2D eigenvalue weighted by Crippen LogP contribution is 2.03. The van der Waals surface area contributed by atoms with E-state index in [1.165, 1.54) is 0 Å². The quantitative estimate of drug-likeness (QED) is 0.732. The predicted octanol–water partition coefficient (Wildman–Crippen LogP) is 2.13. The number of esters is 1. The highest BCUT2D eigenvalue weighted by Gasteiger charge is 2.14. The van der Waals surface area contributed by atoms with Crippen molar-refractivity contribution in [3.8, 4) is 0 Å².